The van der Waals surface area contributed by atoms with Crippen LogP contribution in [0.1, 0.15) is 22.7 Å². The maximum absolute atomic E-state index is 11.7. The molecule has 2 aromatic rings. The van der Waals surface area contributed by atoms with Crippen molar-refractivity contribution in [3.8, 4) is 11.5 Å². The largest absolute Gasteiger partial charge is 0.486 e. The van der Waals surface area contributed by atoms with Gasteiger partial charge >= 0.3 is 0 Å². The third kappa shape index (κ3) is 2.25. The van der Waals surface area contributed by atoms with E-state index >= 15 is 0 Å². The SMILES string of the molecule is O=CC(c1ccc2c(c1)OCCO2)N1Cc2ccccc2C1. The highest BCUT2D eigenvalue weighted by atomic mass is 16.6. The van der Waals surface area contributed by atoms with E-state index in [1.165, 1.54) is 11.1 Å². The molecule has 0 spiro atoms. The summed E-state index contributed by atoms with van der Waals surface area (Å²) in [6.07, 6.45) is 1.01. The van der Waals surface area contributed by atoms with Gasteiger partial charge in [0, 0.05) is 13.1 Å². The van der Waals surface area contributed by atoms with E-state index in [-0.39, 0.29) is 6.04 Å². The van der Waals surface area contributed by atoms with E-state index in [1.54, 1.807) is 0 Å². The van der Waals surface area contributed by atoms with Crippen LogP contribution in [-0.2, 0) is 17.9 Å². The van der Waals surface area contributed by atoms with Gasteiger partial charge in [-0.1, -0.05) is 30.3 Å². The number of carbonyl (C=O) groups excluding carboxylic acids is 1. The second-order valence-electron chi connectivity index (χ2n) is 5.66. The molecule has 2 heterocycles. The first kappa shape index (κ1) is 13.3. The first-order valence-corrected chi connectivity index (χ1v) is 7.51. The molecule has 1 atom stereocenters. The zero-order valence-corrected chi connectivity index (χ0v) is 12.2. The molecule has 0 bridgehead atoms. The van der Waals surface area contributed by atoms with Gasteiger partial charge in [-0.2, -0.15) is 0 Å². The topological polar surface area (TPSA) is 38.8 Å². The minimum Gasteiger partial charge on any atom is -0.486 e. The number of nitrogens with zero attached hydrogens (tertiary/aromatic N) is 1. The van der Waals surface area contributed by atoms with E-state index in [4.69, 9.17) is 9.47 Å². The number of aldehydes is 1. The highest BCUT2D eigenvalue weighted by Gasteiger charge is 2.27. The smallest absolute Gasteiger partial charge is 0.161 e. The normalized spacial score (nSPS) is 17.8. The van der Waals surface area contributed by atoms with Gasteiger partial charge in [0.2, 0.25) is 0 Å². The number of carbonyl (C=O) groups is 1. The second kappa shape index (κ2) is 5.46. The van der Waals surface area contributed by atoms with Gasteiger partial charge in [0.05, 0.1) is 6.04 Å². The zero-order valence-electron chi connectivity index (χ0n) is 12.2. The minimum atomic E-state index is -0.261. The fourth-order valence-electron chi connectivity index (χ4n) is 3.18. The Bertz CT molecular complexity index is 688. The summed E-state index contributed by atoms with van der Waals surface area (Å²) < 4.78 is 11.2. The fourth-order valence-corrected chi connectivity index (χ4v) is 3.18. The Morgan fingerprint density at radius 1 is 0.955 bits per heavy atom. The number of ether oxygens (including phenoxy) is 2. The van der Waals surface area contributed by atoms with Crippen LogP contribution in [0, 0.1) is 0 Å². The molecule has 4 heteroatoms. The Kier molecular flexibility index (Phi) is 3.31. The Hall–Kier alpha value is -2.33. The molecule has 2 aromatic carbocycles. The quantitative estimate of drug-likeness (QED) is 0.816. The van der Waals surface area contributed by atoms with Crippen LogP contribution in [0.5, 0.6) is 11.5 Å². The Labute approximate surface area is 129 Å². The Balaban J connectivity index is 1.62. The average Bonchev–Trinajstić information content (AvgIpc) is 2.99. The molecule has 0 saturated carbocycles. The molecule has 0 aromatic heterocycles. The van der Waals surface area contributed by atoms with Crippen LogP contribution < -0.4 is 9.47 Å². The van der Waals surface area contributed by atoms with Crippen molar-refractivity contribution in [1.82, 2.24) is 4.90 Å². The molecule has 1 unspecified atom stereocenters. The van der Waals surface area contributed by atoms with Crippen molar-refractivity contribution < 1.29 is 14.3 Å². The second-order valence-corrected chi connectivity index (χ2v) is 5.66. The molecule has 4 rings (SSSR count). The van der Waals surface area contributed by atoms with Crippen molar-refractivity contribution in [2.45, 2.75) is 19.1 Å². The molecule has 2 aliphatic rings. The summed E-state index contributed by atoms with van der Waals surface area (Å²) in [6.45, 7) is 2.73. The molecule has 0 radical (unpaired) electrons. The summed E-state index contributed by atoms with van der Waals surface area (Å²) in [5.74, 6) is 1.48. The number of hydrogen-bond donors (Lipinski definition) is 0. The van der Waals surface area contributed by atoms with Crippen molar-refractivity contribution in [3.63, 3.8) is 0 Å². The predicted molar refractivity (Wildman–Crippen MR) is 81.9 cm³/mol. The molecule has 4 nitrogen and oxygen atoms in total. The molecule has 0 N–H and O–H groups in total. The van der Waals surface area contributed by atoms with Crippen molar-refractivity contribution in [3.05, 3.63) is 59.2 Å². The van der Waals surface area contributed by atoms with Crippen LogP contribution in [0.15, 0.2) is 42.5 Å². The van der Waals surface area contributed by atoms with Crippen LogP contribution in [0.2, 0.25) is 0 Å². The van der Waals surface area contributed by atoms with Gasteiger partial charge in [-0.3, -0.25) is 4.90 Å². The van der Waals surface area contributed by atoms with Crippen molar-refractivity contribution in [2.75, 3.05) is 13.2 Å². The number of fused-ring (bicyclic) bond motifs is 2. The lowest BCUT2D eigenvalue weighted by atomic mass is 10.1. The van der Waals surface area contributed by atoms with Crippen LogP contribution in [-0.4, -0.2) is 24.4 Å². The van der Waals surface area contributed by atoms with E-state index < -0.39 is 0 Å². The van der Waals surface area contributed by atoms with Gasteiger partial charge in [-0.05, 0) is 28.8 Å². The maximum Gasteiger partial charge on any atom is 0.161 e. The van der Waals surface area contributed by atoms with Crippen LogP contribution in [0.4, 0.5) is 0 Å². The predicted octanol–water partition coefficient (Wildman–Crippen LogP) is 2.71. The maximum atomic E-state index is 11.7. The van der Waals surface area contributed by atoms with Crippen molar-refractivity contribution in [1.29, 1.82) is 0 Å². The van der Waals surface area contributed by atoms with Crippen molar-refractivity contribution in [2.24, 2.45) is 0 Å². The lowest BCUT2D eigenvalue weighted by Gasteiger charge is -2.25. The van der Waals surface area contributed by atoms with Gasteiger partial charge in [0.25, 0.3) is 0 Å². The van der Waals surface area contributed by atoms with Gasteiger partial charge in [-0.25, -0.2) is 0 Å². The van der Waals surface area contributed by atoms with E-state index in [0.29, 0.717) is 13.2 Å². The third-order valence-electron chi connectivity index (χ3n) is 4.30. The summed E-state index contributed by atoms with van der Waals surface area (Å²) >= 11 is 0. The standard InChI is InChI=1S/C18H17NO3/c20-12-16(19-10-14-3-1-2-4-15(14)11-19)13-5-6-17-18(9-13)22-8-7-21-17/h1-6,9,12,16H,7-8,10-11H2. The number of rotatable bonds is 3. The minimum absolute atomic E-state index is 0.261. The van der Waals surface area contributed by atoms with Gasteiger partial charge in [-0.15, -0.1) is 0 Å². The molecule has 22 heavy (non-hydrogen) atoms. The molecular formula is C18H17NO3. The van der Waals surface area contributed by atoms with Gasteiger partial charge < -0.3 is 14.3 Å². The Morgan fingerprint density at radius 3 is 2.32 bits per heavy atom. The van der Waals surface area contributed by atoms with E-state index in [0.717, 1.165) is 36.4 Å². The molecule has 0 saturated heterocycles. The van der Waals surface area contributed by atoms with E-state index in [9.17, 15) is 4.79 Å². The van der Waals surface area contributed by atoms with Crippen LogP contribution in [0.25, 0.3) is 0 Å². The van der Waals surface area contributed by atoms with Crippen molar-refractivity contribution >= 4 is 6.29 Å². The first-order valence-electron chi connectivity index (χ1n) is 7.51. The summed E-state index contributed by atoms with van der Waals surface area (Å²) in [5.41, 5.74) is 3.55. The third-order valence-corrected chi connectivity index (χ3v) is 4.30. The summed E-state index contributed by atoms with van der Waals surface area (Å²) in [5, 5.41) is 0. The summed E-state index contributed by atoms with van der Waals surface area (Å²) in [6, 6.07) is 13.9. The number of hydrogen-bond acceptors (Lipinski definition) is 4. The first-order chi connectivity index (χ1) is 10.8. The molecule has 2 aliphatic heterocycles. The van der Waals surface area contributed by atoms with E-state index in [2.05, 4.69) is 17.0 Å². The molecule has 112 valence electrons. The molecule has 0 aliphatic carbocycles. The summed E-state index contributed by atoms with van der Waals surface area (Å²) in [4.78, 5) is 13.9. The Morgan fingerprint density at radius 2 is 1.64 bits per heavy atom. The lowest BCUT2D eigenvalue weighted by Crippen LogP contribution is -2.25. The molecular weight excluding hydrogens is 278 g/mol. The molecule has 0 fully saturated rings. The number of benzene rings is 2. The van der Waals surface area contributed by atoms with Crippen LogP contribution in [0.3, 0.4) is 0 Å². The summed E-state index contributed by atoms with van der Waals surface area (Å²) in [7, 11) is 0. The van der Waals surface area contributed by atoms with Crippen LogP contribution >= 0.6 is 0 Å². The van der Waals surface area contributed by atoms with E-state index in [1.807, 2.05) is 30.3 Å². The zero-order chi connectivity index (χ0) is 14.9. The lowest BCUT2D eigenvalue weighted by molar-refractivity contribution is -0.112. The average molecular weight is 295 g/mol. The highest BCUT2D eigenvalue weighted by molar-refractivity contribution is 5.63. The monoisotopic (exact) mass is 295 g/mol. The fraction of sp³-hybridized carbons (Fsp3) is 0.278. The van der Waals surface area contributed by atoms with Gasteiger partial charge in [0.15, 0.2) is 11.5 Å². The molecule has 0 amide bonds. The highest BCUT2D eigenvalue weighted by Crippen LogP contribution is 2.36. The van der Waals surface area contributed by atoms with Gasteiger partial charge in [0.1, 0.15) is 19.5 Å².